The van der Waals surface area contributed by atoms with Gasteiger partial charge in [0.2, 0.25) is 0 Å². The second kappa shape index (κ2) is 4.90. The SMILES string of the molecule is C#C[C@]1(CO)O[C@@H](n2cc(C)c(=O)[nH]c2=O)[C@@H](C)[C@@H]1O. The molecule has 2 rings (SSSR count). The number of ether oxygens (including phenoxy) is 1. The molecule has 20 heavy (non-hydrogen) atoms. The standard InChI is InChI=1S/C13H16N2O5/c1-4-13(6-16)9(17)8(3)11(20-13)15-5-7(2)10(18)14-12(15)19/h1,5,8-9,11,16-17H,6H2,2-3H3,(H,14,18,19)/t8-,9-,11+,13+/m0/s1. The lowest BCUT2D eigenvalue weighted by molar-refractivity contribution is -0.0919. The van der Waals surface area contributed by atoms with Gasteiger partial charge in [0.1, 0.15) is 12.3 Å². The number of rotatable bonds is 2. The quantitative estimate of drug-likeness (QED) is 0.586. The Morgan fingerprint density at radius 3 is 2.75 bits per heavy atom. The van der Waals surface area contributed by atoms with Crippen molar-refractivity contribution in [2.24, 2.45) is 5.92 Å². The van der Waals surface area contributed by atoms with Gasteiger partial charge in [-0.25, -0.2) is 4.79 Å². The topological polar surface area (TPSA) is 105 Å². The van der Waals surface area contributed by atoms with E-state index in [1.54, 1.807) is 13.8 Å². The van der Waals surface area contributed by atoms with Gasteiger partial charge in [-0.05, 0) is 6.92 Å². The first kappa shape index (κ1) is 14.5. The van der Waals surface area contributed by atoms with Crippen molar-refractivity contribution in [1.29, 1.82) is 0 Å². The van der Waals surface area contributed by atoms with Crippen LogP contribution in [-0.4, -0.2) is 38.1 Å². The predicted molar refractivity (Wildman–Crippen MR) is 70.0 cm³/mol. The highest BCUT2D eigenvalue weighted by Gasteiger charge is 2.52. The summed E-state index contributed by atoms with van der Waals surface area (Å²) in [5.74, 6) is 1.72. The predicted octanol–water partition coefficient (Wildman–Crippen LogP) is -1.26. The Balaban J connectivity index is 2.51. The number of terminal acetylenes is 1. The summed E-state index contributed by atoms with van der Waals surface area (Å²) >= 11 is 0. The molecule has 1 saturated heterocycles. The van der Waals surface area contributed by atoms with Crippen LogP contribution >= 0.6 is 0 Å². The van der Waals surface area contributed by atoms with Crippen molar-refractivity contribution in [3.05, 3.63) is 32.6 Å². The van der Waals surface area contributed by atoms with E-state index in [0.29, 0.717) is 5.56 Å². The van der Waals surface area contributed by atoms with Gasteiger partial charge in [0.05, 0.1) is 6.61 Å². The van der Waals surface area contributed by atoms with E-state index in [4.69, 9.17) is 11.2 Å². The van der Waals surface area contributed by atoms with Crippen molar-refractivity contribution in [2.45, 2.75) is 31.8 Å². The summed E-state index contributed by atoms with van der Waals surface area (Å²) in [6, 6.07) is 0. The Morgan fingerprint density at radius 2 is 2.25 bits per heavy atom. The molecule has 7 nitrogen and oxygen atoms in total. The van der Waals surface area contributed by atoms with Crippen molar-refractivity contribution in [3.8, 4) is 12.3 Å². The minimum absolute atomic E-state index is 0.331. The molecular formula is C13H16N2O5. The third kappa shape index (κ3) is 1.98. The molecule has 1 fully saturated rings. The van der Waals surface area contributed by atoms with Gasteiger partial charge in [0.15, 0.2) is 5.60 Å². The monoisotopic (exact) mass is 280 g/mol. The second-order valence-corrected chi connectivity index (χ2v) is 4.98. The average molecular weight is 280 g/mol. The fourth-order valence-corrected chi connectivity index (χ4v) is 2.35. The smallest absolute Gasteiger partial charge is 0.330 e. The molecule has 0 bridgehead atoms. The molecule has 1 aliphatic heterocycles. The summed E-state index contributed by atoms with van der Waals surface area (Å²) in [6.45, 7) is 2.63. The van der Waals surface area contributed by atoms with E-state index in [0.717, 1.165) is 0 Å². The van der Waals surface area contributed by atoms with Crippen LogP contribution in [-0.2, 0) is 4.74 Å². The van der Waals surface area contributed by atoms with Crippen molar-refractivity contribution in [2.75, 3.05) is 6.61 Å². The van der Waals surface area contributed by atoms with E-state index in [9.17, 15) is 19.8 Å². The maximum atomic E-state index is 11.9. The van der Waals surface area contributed by atoms with Gasteiger partial charge in [0.25, 0.3) is 5.56 Å². The van der Waals surface area contributed by atoms with Crippen LogP contribution in [0.4, 0.5) is 0 Å². The fourth-order valence-electron chi connectivity index (χ4n) is 2.35. The highest BCUT2D eigenvalue weighted by Crippen LogP contribution is 2.40. The lowest BCUT2D eigenvalue weighted by Gasteiger charge is -2.23. The van der Waals surface area contributed by atoms with Crippen LogP contribution < -0.4 is 11.2 Å². The highest BCUT2D eigenvalue weighted by molar-refractivity contribution is 5.17. The van der Waals surface area contributed by atoms with Gasteiger partial charge in [0, 0.05) is 17.7 Å². The summed E-state index contributed by atoms with van der Waals surface area (Å²) in [4.78, 5) is 25.4. The summed E-state index contributed by atoms with van der Waals surface area (Å²) in [5.41, 5.74) is -2.36. The minimum Gasteiger partial charge on any atom is -0.392 e. The zero-order valence-electron chi connectivity index (χ0n) is 11.2. The molecule has 0 saturated carbocycles. The number of hydrogen-bond donors (Lipinski definition) is 3. The zero-order chi connectivity index (χ0) is 15.1. The molecule has 1 aromatic heterocycles. The Kier molecular flexibility index (Phi) is 3.56. The molecule has 0 amide bonds. The van der Waals surface area contributed by atoms with Crippen LogP contribution in [0.15, 0.2) is 15.8 Å². The third-order valence-electron chi connectivity index (χ3n) is 3.66. The maximum absolute atomic E-state index is 11.9. The molecule has 1 aromatic rings. The largest absolute Gasteiger partial charge is 0.392 e. The molecular weight excluding hydrogens is 264 g/mol. The van der Waals surface area contributed by atoms with Crippen molar-refractivity contribution >= 4 is 0 Å². The number of aromatic nitrogens is 2. The first-order chi connectivity index (χ1) is 9.36. The lowest BCUT2D eigenvalue weighted by atomic mass is 9.92. The van der Waals surface area contributed by atoms with Crippen molar-refractivity contribution in [1.82, 2.24) is 9.55 Å². The number of hydrogen-bond acceptors (Lipinski definition) is 5. The van der Waals surface area contributed by atoms with Crippen LogP contribution in [0.1, 0.15) is 18.7 Å². The molecule has 4 atom stereocenters. The fraction of sp³-hybridized carbons (Fsp3) is 0.538. The van der Waals surface area contributed by atoms with E-state index in [-0.39, 0.29) is 0 Å². The van der Waals surface area contributed by atoms with E-state index >= 15 is 0 Å². The number of aliphatic hydroxyl groups is 2. The molecule has 0 aliphatic carbocycles. The molecule has 2 heterocycles. The zero-order valence-corrected chi connectivity index (χ0v) is 11.2. The van der Waals surface area contributed by atoms with Crippen molar-refractivity contribution < 1.29 is 14.9 Å². The number of nitrogens with one attached hydrogen (secondary N) is 1. The Labute approximate surface area is 114 Å². The molecule has 3 N–H and O–H groups in total. The first-order valence-corrected chi connectivity index (χ1v) is 6.13. The van der Waals surface area contributed by atoms with Gasteiger partial charge in [-0.15, -0.1) is 6.42 Å². The van der Waals surface area contributed by atoms with Crippen LogP contribution in [0.5, 0.6) is 0 Å². The van der Waals surface area contributed by atoms with Gasteiger partial charge in [-0.1, -0.05) is 12.8 Å². The van der Waals surface area contributed by atoms with Gasteiger partial charge in [-0.2, -0.15) is 0 Å². The summed E-state index contributed by atoms with van der Waals surface area (Å²) in [7, 11) is 0. The Hall–Kier alpha value is -1.88. The second-order valence-electron chi connectivity index (χ2n) is 4.98. The van der Waals surface area contributed by atoms with E-state index < -0.39 is 41.7 Å². The minimum atomic E-state index is -1.55. The summed E-state index contributed by atoms with van der Waals surface area (Å²) in [6.07, 6.45) is 4.68. The first-order valence-electron chi connectivity index (χ1n) is 6.13. The van der Waals surface area contributed by atoms with Crippen molar-refractivity contribution in [3.63, 3.8) is 0 Å². The molecule has 7 heteroatoms. The normalized spacial score (nSPS) is 33.0. The molecule has 0 radical (unpaired) electrons. The number of aromatic amines is 1. The molecule has 0 spiro atoms. The van der Waals surface area contributed by atoms with Crippen LogP contribution in [0.3, 0.4) is 0 Å². The number of aliphatic hydroxyl groups excluding tert-OH is 2. The maximum Gasteiger partial charge on any atom is 0.330 e. The Bertz CT molecular complexity index is 671. The van der Waals surface area contributed by atoms with Gasteiger partial charge < -0.3 is 14.9 Å². The van der Waals surface area contributed by atoms with Crippen LogP contribution in [0.2, 0.25) is 0 Å². The number of H-pyrrole nitrogens is 1. The average Bonchev–Trinajstić information content (AvgIpc) is 2.68. The van der Waals surface area contributed by atoms with Gasteiger partial charge in [-0.3, -0.25) is 14.3 Å². The Morgan fingerprint density at radius 1 is 1.60 bits per heavy atom. The van der Waals surface area contributed by atoms with E-state index in [2.05, 4.69) is 10.9 Å². The highest BCUT2D eigenvalue weighted by atomic mass is 16.6. The molecule has 108 valence electrons. The molecule has 1 aliphatic rings. The lowest BCUT2D eigenvalue weighted by Crippen LogP contribution is -2.43. The third-order valence-corrected chi connectivity index (χ3v) is 3.66. The molecule has 0 unspecified atom stereocenters. The van der Waals surface area contributed by atoms with Gasteiger partial charge >= 0.3 is 5.69 Å². The number of nitrogens with zero attached hydrogens (tertiary/aromatic N) is 1. The summed E-state index contributed by atoms with van der Waals surface area (Å²) < 4.78 is 6.70. The van der Waals surface area contributed by atoms with Crippen LogP contribution in [0.25, 0.3) is 0 Å². The van der Waals surface area contributed by atoms with E-state index in [1.807, 2.05) is 0 Å². The summed E-state index contributed by atoms with van der Waals surface area (Å²) in [5, 5.41) is 19.5. The number of aryl methyl sites for hydroxylation is 1. The molecule has 0 aromatic carbocycles. The van der Waals surface area contributed by atoms with E-state index in [1.165, 1.54) is 10.8 Å². The van der Waals surface area contributed by atoms with Crippen LogP contribution in [0, 0.1) is 25.2 Å².